The Balaban J connectivity index is 1.51. The summed E-state index contributed by atoms with van der Waals surface area (Å²) in [5.74, 6) is 3.14. The third kappa shape index (κ3) is 3.68. The van der Waals surface area contributed by atoms with E-state index in [2.05, 4.69) is 10.2 Å². The van der Waals surface area contributed by atoms with Gasteiger partial charge in [-0.1, -0.05) is 23.9 Å². The van der Waals surface area contributed by atoms with Crippen molar-refractivity contribution in [2.45, 2.75) is 30.9 Å². The van der Waals surface area contributed by atoms with Crippen molar-refractivity contribution < 1.29 is 8.83 Å². The van der Waals surface area contributed by atoms with Gasteiger partial charge in [-0.05, 0) is 43.3 Å². The Morgan fingerprint density at radius 1 is 0.968 bits per heavy atom. The van der Waals surface area contributed by atoms with Crippen molar-refractivity contribution in [2.75, 3.05) is 0 Å². The fourth-order valence-electron chi connectivity index (χ4n) is 3.44. The van der Waals surface area contributed by atoms with Crippen molar-refractivity contribution in [3.63, 3.8) is 0 Å². The van der Waals surface area contributed by atoms with Gasteiger partial charge >= 0.3 is 0 Å². The molecular formula is C22H19N5O3S. The summed E-state index contributed by atoms with van der Waals surface area (Å²) in [5.41, 5.74) is 0.581. The van der Waals surface area contributed by atoms with E-state index in [0.29, 0.717) is 52.9 Å². The summed E-state index contributed by atoms with van der Waals surface area (Å²) in [4.78, 5) is 18.0. The van der Waals surface area contributed by atoms with Crippen LogP contribution < -0.4 is 5.56 Å². The largest absolute Gasteiger partial charge is 0.467 e. The highest BCUT2D eigenvalue weighted by Gasteiger charge is 2.18. The summed E-state index contributed by atoms with van der Waals surface area (Å²) >= 11 is 1.48. The Hall–Kier alpha value is -3.59. The first kappa shape index (κ1) is 19.4. The molecule has 0 N–H and O–H groups in total. The van der Waals surface area contributed by atoms with E-state index < -0.39 is 0 Å². The zero-order chi connectivity index (χ0) is 21.2. The van der Waals surface area contributed by atoms with Gasteiger partial charge in [0.1, 0.15) is 11.6 Å². The van der Waals surface area contributed by atoms with E-state index in [1.54, 1.807) is 23.2 Å². The Labute approximate surface area is 181 Å². The van der Waals surface area contributed by atoms with Gasteiger partial charge in [0, 0.05) is 6.54 Å². The first-order chi connectivity index (χ1) is 15.2. The smallest absolute Gasteiger partial charge is 0.261 e. The minimum Gasteiger partial charge on any atom is -0.467 e. The molecule has 0 radical (unpaired) electrons. The normalized spacial score (nSPS) is 11.4. The van der Waals surface area contributed by atoms with Gasteiger partial charge < -0.3 is 8.83 Å². The van der Waals surface area contributed by atoms with Crippen molar-refractivity contribution in [3.05, 3.63) is 83.0 Å². The van der Waals surface area contributed by atoms with Crippen molar-refractivity contribution in [2.24, 2.45) is 0 Å². The monoisotopic (exact) mass is 433 g/mol. The molecule has 31 heavy (non-hydrogen) atoms. The van der Waals surface area contributed by atoms with Crippen molar-refractivity contribution in [3.8, 4) is 11.6 Å². The second-order valence-corrected chi connectivity index (χ2v) is 7.77. The minimum atomic E-state index is -0.0918. The van der Waals surface area contributed by atoms with Crippen molar-refractivity contribution in [1.29, 1.82) is 0 Å². The van der Waals surface area contributed by atoms with Crippen LogP contribution in [0.5, 0.6) is 0 Å². The quantitative estimate of drug-likeness (QED) is 0.355. The lowest BCUT2D eigenvalue weighted by molar-refractivity contribution is 0.485. The number of hydrogen-bond donors (Lipinski definition) is 0. The molecule has 9 heteroatoms. The molecule has 0 aliphatic rings. The van der Waals surface area contributed by atoms with Crippen LogP contribution in [0.15, 0.2) is 79.8 Å². The standard InChI is InChI=1S/C22H19N5O3S/c1-2-26-20(18-10-6-12-30-18)24-25-22(26)31-14-19-23-17-9-4-3-8-16(17)21(28)27(19)13-15-7-5-11-29-15/h3-12H,2,13-14H2,1H3. The van der Waals surface area contributed by atoms with Crippen molar-refractivity contribution >= 4 is 22.7 Å². The number of benzene rings is 1. The van der Waals surface area contributed by atoms with E-state index in [0.717, 1.165) is 5.16 Å². The fourth-order valence-corrected chi connectivity index (χ4v) is 4.39. The Morgan fingerprint density at radius 2 is 1.81 bits per heavy atom. The molecular weight excluding hydrogens is 414 g/mol. The van der Waals surface area contributed by atoms with Crippen LogP contribution in [0.1, 0.15) is 18.5 Å². The molecule has 0 fully saturated rings. The van der Waals surface area contributed by atoms with Gasteiger partial charge in [0.2, 0.25) is 0 Å². The number of fused-ring (bicyclic) bond motifs is 1. The lowest BCUT2D eigenvalue weighted by atomic mass is 10.2. The third-order valence-electron chi connectivity index (χ3n) is 4.94. The van der Waals surface area contributed by atoms with Crippen LogP contribution in [-0.2, 0) is 18.8 Å². The van der Waals surface area contributed by atoms with Crippen LogP contribution in [0.4, 0.5) is 0 Å². The second kappa shape index (κ2) is 8.27. The highest BCUT2D eigenvalue weighted by Crippen LogP contribution is 2.26. The van der Waals surface area contributed by atoms with Gasteiger partial charge in [0.25, 0.3) is 5.56 Å². The van der Waals surface area contributed by atoms with Gasteiger partial charge in [0.05, 0.1) is 35.7 Å². The Morgan fingerprint density at radius 3 is 2.58 bits per heavy atom. The van der Waals surface area contributed by atoms with Crippen LogP contribution >= 0.6 is 11.8 Å². The van der Waals surface area contributed by atoms with Crippen LogP contribution in [0, 0.1) is 0 Å². The second-order valence-electron chi connectivity index (χ2n) is 6.83. The highest BCUT2D eigenvalue weighted by molar-refractivity contribution is 7.98. The summed E-state index contributed by atoms with van der Waals surface area (Å²) in [6, 6.07) is 14.7. The number of aromatic nitrogens is 5. The molecule has 4 aromatic heterocycles. The van der Waals surface area contributed by atoms with E-state index in [-0.39, 0.29) is 5.56 Å². The van der Waals surface area contributed by atoms with E-state index in [1.165, 1.54) is 11.8 Å². The molecule has 0 saturated heterocycles. The van der Waals surface area contributed by atoms with Gasteiger partial charge in [0.15, 0.2) is 16.7 Å². The molecule has 0 atom stereocenters. The lowest BCUT2D eigenvalue weighted by Gasteiger charge is -2.12. The average molecular weight is 433 g/mol. The zero-order valence-corrected chi connectivity index (χ0v) is 17.6. The number of nitrogens with zero attached hydrogens (tertiary/aromatic N) is 5. The topological polar surface area (TPSA) is 91.9 Å². The molecule has 1 aromatic carbocycles. The molecule has 8 nitrogen and oxygen atoms in total. The summed E-state index contributed by atoms with van der Waals surface area (Å²) in [6.07, 6.45) is 3.21. The molecule has 0 bridgehead atoms. The van der Waals surface area contributed by atoms with Crippen LogP contribution in [0.3, 0.4) is 0 Å². The summed E-state index contributed by atoms with van der Waals surface area (Å²) in [7, 11) is 0. The van der Waals surface area contributed by atoms with Crippen LogP contribution in [0.25, 0.3) is 22.5 Å². The average Bonchev–Trinajstić information content (AvgIpc) is 3.56. The number of furan rings is 2. The highest BCUT2D eigenvalue weighted by atomic mass is 32.2. The molecule has 0 amide bonds. The maximum atomic E-state index is 13.2. The van der Waals surface area contributed by atoms with Gasteiger partial charge in [-0.25, -0.2) is 4.98 Å². The maximum Gasteiger partial charge on any atom is 0.261 e. The lowest BCUT2D eigenvalue weighted by Crippen LogP contribution is -2.25. The molecule has 0 aliphatic carbocycles. The Kier molecular flexibility index (Phi) is 5.17. The van der Waals surface area contributed by atoms with Gasteiger partial charge in [-0.3, -0.25) is 13.9 Å². The number of para-hydroxylation sites is 1. The van der Waals surface area contributed by atoms with E-state index in [4.69, 9.17) is 13.8 Å². The van der Waals surface area contributed by atoms with E-state index in [1.807, 2.05) is 54.0 Å². The molecule has 0 aliphatic heterocycles. The van der Waals surface area contributed by atoms with Crippen molar-refractivity contribution in [1.82, 2.24) is 24.3 Å². The van der Waals surface area contributed by atoms with Crippen LogP contribution in [0.2, 0.25) is 0 Å². The van der Waals surface area contributed by atoms with E-state index >= 15 is 0 Å². The van der Waals surface area contributed by atoms with Crippen LogP contribution in [-0.4, -0.2) is 24.3 Å². The first-order valence-corrected chi connectivity index (χ1v) is 10.8. The number of thioether (sulfide) groups is 1. The molecule has 4 heterocycles. The molecule has 5 aromatic rings. The summed E-state index contributed by atoms with van der Waals surface area (Å²) in [5, 5.41) is 9.94. The third-order valence-corrected chi connectivity index (χ3v) is 5.90. The Bertz CT molecular complexity index is 1370. The summed E-state index contributed by atoms with van der Waals surface area (Å²) < 4.78 is 14.6. The van der Waals surface area contributed by atoms with Gasteiger partial charge in [-0.2, -0.15) is 0 Å². The molecule has 0 unspecified atom stereocenters. The first-order valence-electron chi connectivity index (χ1n) is 9.85. The zero-order valence-electron chi connectivity index (χ0n) is 16.8. The molecule has 0 saturated carbocycles. The molecule has 0 spiro atoms. The SMILES string of the molecule is CCn1c(SCc2nc3ccccc3c(=O)n2Cc2ccco2)nnc1-c1ccco1. The van der Waals surface area contributed by atoms with Gasteiger partial charge in [-0.15, -0.1) is 10.2 Å². The predicted molar refractivity (Wildman–Crippen MR) is 117 cm³/mol. The summed E-state index contributed by atoms with van der Waals surface area (Å²) in [6.45, 7) is 3.04. The predicted octanol–water partition coefficient (Wildman–Crippen LogP) is 4.20. The minimum absolute atomic E-state index is 0.0918. The molecule has 156 valence electrons. The fraction of sp³-hybridized carbons (Fsp3) is 0.182. The maximum absolute atomic E-state index is 13.2. The molecule has 5 rings (SSSR count). The number of hydrogen-bond acceptors (Lipinski definition) is 7. The van der Waals surface area contributed by atoms with E-state index in [9.17, 15) is 4.79 Å². The number of rotatable bonds is 7.